The lowest BCUT2D eigenvalue weighted by molar-refractivity contribution is 0.337. The van der Waals surface area contributed by atoms with Crippen molar-refractivity contribution < 1.29 is 4.74 Å². The first kappa shape index (κ1) is 8.11. The molecule has 0 saturated carbocycles. The second kappa shape index (κ2) is 2.77. The minimum Gasteiger partial charge on any atom is -0.493 e. The third kappa shape index (κ3) is 1.14. The average Bonchev–Trinajstić information content (AvgIpc) is 2.35. The predicted molar refractivity (Wildman–Crippen MR) is 52.8 cm³/mol. The highest BCUT2D eigenvalue weighted by Crippen LogP contribution is 2.36. The topological polar surface area (TPSA) is 9.23 Å². The number of rotatable bonds is 0. The van der Waals surface area contributed by atoms with Gasteiger partial charge in [-0.1, -0.05) is 22.9 Å². The molecular formula is C10H11BrO. The van der Waals surface area contributed by atoms with Crippen LogP contribution in [0.3, 0.4) is 0 Å². The highest BCUT2D eigenvalue weighted by Gasteiger charge is 2.20. The lowest BCUT2D eigenvalue weighted by Crippen LogP contribution is -1.93. The largest absolute Gasteiger partial charge is 0.493 e. The quantitative estimate of drug-likeness (QED) is 0.661. The van der Waals surface area contributed by atoms with Crippen LogP contribution >= 0.6 is 15.9 Å². The maximum atomic E-state index is 5.53. The predicted octanol–water partition coefficient (Wildman–Crippen LogP) is 3.25. The van der Waals surface area contributed by atoms with Crippen molar-refractivity contribution in [3.63, 3.8) is 0 Å². The SMILES string of the molecule is Cc1cc2c(cc1Br)[C@H](C)CO2. The first-order valence-corrected chi connectivity index (χ1v) is 4.90. The third-order valence-corrected chi connectivity index (χ3v) is 3.17. The second-order valence-electron chi connectivity index (χ2n) is 3.35. The van der Waals surface area contributed by atoms with Gasteiger partial charge in [-0.05, 0) is 24.6 Å². The van der Waals surface area contributed by atoms with E-state index >= 15 is 0 Å². The van der Waals surface area contributed by atoms with E-state index in [2.05, 4.69) is 41.9 Å². The molecule has 0 aromatic heterocycles. The number of halogens is 1. The van der Waals surface area contributed by atoms with Crippen LogP contribution in [0, 0.1) is 6.92 Å². The van der Waals surface area contributed by atoms with Gasteiger partial charge in [0.15, 0.2) is 0 Å². The zero-order valence-electron chi connectivity index (χ0n) is 7.23. The summed E-state index contributed by atoms with van der Waals surface area (Å²) in [6, 6.07) is 4.27. The zero-order chi connectivity index (χ0) is 8.72. The molecule has 0 N–H and O–H groups in total. The smallest absolute Gasteiger partial charge is 0.123 e. The summed E-state index contributed by atoms with van der Waals surface area (Å²) < 4.78 is 6.70. The van der Waals surface area contributed by atoms with E-state index in [1.807, 2.05) is 0 Å². The number of aryl methyl sites for hydroxylation is 1. The molecule has 0 aliphatic carbocycles. The van der Waals surface area contributed by atoms with E-state index in [0.717, 1.165) is 12.4 Å². The average molecular weight is 227 g/mol. The Hall–Kier alpha value is -0.500. The Labute approximate surface area is 80.9 Å². The highest BCUT2D eigenvalue weighted by atomic mass is 79.9. The van der Waals surface area contributed by atoms with Crippen LogP contribution in [-0.2, 0) is 0 Å². The molecule has 0 saturated heterocycles. The van der Waals surface area contributed by atoms with Gasteiger partial charge in [0, 0.05) is 16.0 Å². The molecule has 64 valence electrons. The maximum Gasteiger partial charge on any atom is 0.123 e. The molecule has 1 atom stereocenters. The minimum absolute atomic E-state index is 0.539. The minimum atomic E-state index is 0.539. The lowest BCUT2D eigenvalue weighted by Gasteiger charge is -2.03. The Morgan fingerprint density at radius 2 is 2.25 bits per heavy atom. The van der Waals surface area contributed by atoms with Crippen molar-refractivity contribution in [1.29, 1.82) is 0 Å². The van der Waals surface area contributed by atoms with Crippen molar-refractivity contribution in [1.82, 2.24) is 0 Å². The molecule has 2 rings (SSSR count). The van der Waals surface area contributed by atoms with Crippen LogP contribution in [-0.4, -0.2) is 6.61 Å². The van der Waals surface area contributed by atoms with Gasteiger partial charge in [-0.15, -0.1) is 0 Å². The summed E-state index contributed by atoms with van der Waals surface area (Å²) in [4.78, 5) is 0. The van der Waals surface area contributed by atoms with E-state index in [1.54, 1.807) is 0 Å². The van der Waals surface area contributed by atoms with Gasteiger partial charge >= 0.3 is 0 Å². The molecular weight excluding hydrogens is 216 g/mol. The Morgan fingerprint density at radius 1 is 1.50 bits per heavy atom. The Kier molecular flexibility index (Phi) is 1.87. The number of hydrogen-bond acceptors (Lipinski definition) is 1. The molecule has 0 bridgehead atoms. The fraction of sp³-hybridized carbons (Fsp3) is 0.400. The van der Waals surface area contributed by atoms with E-state index in [-0.39, 0.29) is 0 Å². The van der Waals surface area contributed by atoms with Crippen LogP contribution in [0.1, 0.15) is 24.0 Å². The molecule has 1 nitrogen and oxygen atoms in total. The molecule has 1 aromatic carbocycles. The molecule has 1 aromatic rings. The number of hydrogen-bond donors (Lipinski definition) is 0. The van der Waals surface area contributed by atoms with Gasteiger partial charge in [-0.2, -0.15) is 0 Å². The molecule has 1 heterocycles. The lowest BCUT2D eigenvalue weighted by atomic mass is 10.0. The fourth-order valence-corrected chi connectivity index (χ4v) is 1.85. The maximum absolute atomic E-state index is 5.53. The van der Waals surface area contributed by atoms with E-state index in [0.29, 0.717) is 5.92 Å². The number of fused-ring (bicyclic) bond motifs is 1. The first-order valence-electron chi connectivity index (χ1n) is 4.11. The molecule has 0 fully saturated rings. The molecule has 0 amide bonds. The molecule has 0 unspecified atom stereocenters. The first-order chi connectivity index (χ1) is 5.68. The van der Waals surface area contributed by atoms with Crippen molar-refractivity contribution >= 4 is 15.9 Å². The summed E-state index contributed by atoms with van der Waals surface area (Å²) >= 11 is 3.52. The standard InChI is InChI=1S/C10H11BrO/c1-6-3-10-8(4-9(6)11)7(2)5-12-10/h3-4,7H,5H2,1-2H3/t7-/m1/s1. The van der Waals surface area contributed by atoms with Crippen LogP contribution in [0.15, 0.2) is 16.6 Å². The van der Waals surface area contributed by atoms with Crippen LogP contribution in [0.5, 0.6) is 5.75 Å². The summed E-state index contributed by atoms with van der Waals surface area (Å²) in [6.45, 7) is 5.09. The van der Waals surface area contributed by atoms with Crippen molar-refractivity contribution in [3.05, 3.63) is 27.7 Å². The van der Waals surface area contributed by atoms with E-state index in [9.17, 15) is 0 Å². The van der Waals surface area contributed by atoms with Crippen molar-refractivity contribution in [3.8, 4) is 5.75 Å². The van der Waals surface area contributed by atoms with Gasteiger partial charge in [-0.3, -0.25) is 0 Å². The van der Waals surface area contributed by atoms with Crippen molar-refractivity contribution in [2.75, 3.05) is 6.61 Å². The van der Waals surface area contributed by atoms with Gasteiger partial charge in [-0.25, -0.2) is 0 Å². The van der Waals surface area contributed by atoms with E-state index < -0.39 is 0 Å². The van der Waals surface area contributed by atoms with Gasteiger partial charge in [0.25, 0.3) is 0 Å². The monoisotopic (exact) mass is 226 g/mol. The summed E-state index contributed by atoms with van der Waals surface area (Å²) in [5.41, 5.74) is 2.57. The van der Waals surface area contributed by atoms with Crippen molar-refractivity contribution in [2.45, 2.75) is 19.8 Å². The highest BCUT2D eigenvalue weighted by molar-refractivity contribution is 9.10. The van der Waals surface area contributed by atoms with Crippen LogP contribution in [0.4, 0.5) is 0 Å². The van der Waals surface area contributed by atoms with E-state index in [1.165, 1.54) is 15.6 Å². The summed E-state index contributed by atoms with van der Waals surface area (Å²) in [5, 5.41) is 0. The molecule has 1 aliphatic heterocycles. The zero-order valence-corrected chi connectivity index (χ0v) is 8.81. The molecule has 12 heavy (non-hydrogen) atoms. The van der Waals surface area contributed by atoms with Crippen LogP contribution in [0.25, 0.3) is 0 Å². The van der Waals surface area contributed by atoms with Gasteiger partial charge in [0.1, 0.15) is 5.75 Å². The Morgan fingerprint density at radius 3 is 3.00 bits per heavy atom. The van der Waals surface area contributed by atoms with Gasteiger partial charge < -0.3 is 4.74 Å². The number of ether oxygens (including phenoxy) is 1. The number of benzene rings is 1. The second-order valence-corrected chi connectivity index (χ2v) is 4.21. The van der Waals surface area contributed by atoms with Gasteiger partial charge in [0.05, 0.1) is 6.61 Å². The normalized spacial score (nSPS) is 20.4. The van der Waals surface area contributed by atoms with Crippen LogP contribution in [0.2, 0.25) is 0 Å². The molecule has 0 spiro atoms. The summed E-state index contributed by atoms with van der Waals surface area (Å²) in [7, 11) is 0. The van der Waals surface area contributed by atoms with Crippen molar-refractivity contribution in [2.24, 2.45) is 0 Å². The molecule has 2 heteroatoms. The Bertz CT molecular complexity index is 320. The third-order valence-electron chi connectivity index (χ3n) is 2.31. The fourth-order valence-electron chi connectivity index (χ4n) is 1.49. The Balaban J connectivity index is 2.56. The summed E-state index contributed by atoms with van der Waals surface area (Å²) in [5.74, 6) is 1.60. The molecule has 0 radical (unpaired) electrons. The van der Waals surface area contributed by atoms with Gasteiger partial charge in [0.2, 0.25) is 0 Å². The van der Waals surface area contributed by atoms with Crippen LogP contribution < -0.4 is 4.74 Å². The molecule has 1 aliphatic rings. The summed E-state index contributed by atoms with van der Waals surface area (Å²) in [6.07, 6.45) is 0. The van der Waals surface area contributed by atoms with E-state index in [4.69, 9.17) is 4.74 Å².